The van der Waals surface area contributed by atoms with Crippen LogP contribution < -0.4 is 5.32 Å². The minimum absolute atomic E-state index is 0.267. The normalized spacial score (nSPS) is 12.4. The van der Waals surface area contributed by atoms with Crippen molar-refractivity contribution < 1.29 is 23.7 Å². The van der Waals surface area contributed by atoms with Crippen LogP contribution in [0.25, 0.3) is 0 Å². The van der Waals surface area contributed by atoms with Crippen LogP contribution in [-0.4, -0.2) is 65.8 Å². The molecule has 0 spiro atoms. The Morgan fingerprint density at radius 3 is 2.12 bits per heavy atom. The lowest BCUT2D eigenvalue weighted by atomic mass is 10.3. The Labute approximate surface area is 103 Å². The van der Waals surface area contributed by atoms with Gasteiger partial charge in [-0.2, -0.15) is 0 Å². The minimum Gasteiger partial charge on any atom is -0.462 e. The van der Waals surface area contributed by atoms with Gasteiger partial charge in [0.15, 0.2) is 0 Å². The number of hydrogen-bond acceptors (Lipinski definition) is 6. The first-order valence-corrected chi connectivity index (χ1v) is 5.70. The molecule has 0 aliphatic heterocycles. The fourth-order valence-corrected chi connectivity index (χ4v) is 0.908. The van der Waals surface area contributed by atoms with Gasteiger partial charge in [0, 0.05) is 7.11 Å². The number of carbonyl (C=O) groups is 1. The molecular formula is C11H23NO5. The standard InChI is InChI=1S/C11H23NO5/c1-10(12-2)11(13)17-9-8-16-7-6-15-5-4-14-3/h10,12H,4-9H2,1-3H3. The summed E-state index contributed by atoms with van der Waals surface area (Å²) in [5.41, 5.74) is 0. The molecule has 0 aromatic heterocycles. The van der Waals surface area contributed by atoms with E-state index in [0.717, 1.165) is 0 Å². The van der Waals surface area contributed by atoms with Gasteiger partial charge >= 0.3 is 5.97 Å². The maximum Gasteiger partial charge on any atom is 0.322 e. The second-order valence-electron chi connectivity index (χ2n) is 3.40. The van der Waals surface area contributed by atoms with E-state index < -0.39 is 0 Å². The molecule has 0 fully saturated rings. The predicted octanol–water partition coefficient (Wildman–Crippen LogP) is -0.183. The van der Waals surface area contributed by atoms with Crippen molar-refractivity contribution in [2.75, 3.05) is 53.8 Å². The van der Waals surface area contributed by atoms with E-state index in [1.54, 1.807) is 21.1 Å². The van der Waals surface area contributed by atoms with E-state index in [0.29, 0.717) is 33.0 Å². The molecule has 0 heterocycles. The van der Waals surface area contributed by atoms with Gasteiger partial charge in [-0.15, -0.1) is 0 Å². The van der Waals surface area contributed by atoms with Crippen LogP contribution >= 0.6 is 0 Å². The van der Waals surface area contributed by atoms with Crippen LogP contribution in [0.15, 0.2) is 0 Å². The van der Waals surface area contributed by atoms with E-state index in [4.69, 9.17) is 18.9 Å². The minimum atomic E-state index is -0.285. The molecular weight excluding hydrogens is 226 g/mol. The van der Waals surface area contributed by atoms with Crippen molar-refractivity contribution in [2.24, 2.45) is 0 Å². The Bertz CT molecular complexity index is 189. The van der Waals surface area contributed by atoms with Gasteiger partial charge in [0.05, 0.1) is 33.0 Å². The third-order valence-corrected chi connectivity index (χ3v) is 2.06. The fraction of sp³-hybridized carbons (Fsp3) is 0.909. The molecule has 0 aliphatic carbocycles. The number of rotatable bonds is 11. The van der Waals surface area contributed by atoms with E-state index in [1.807, 2.05) is 0 Å². The molecule has 1 unspecified atom stereocenters. The van der Waals surface area contributed by atoms with Crippen LogP contribution in [0.3, 0.4) is 0 Å². The van der Waals surface area contributed by atoms with Gasteiger partial charge in [0.1, 0.15) is 12.6 Å². The van der Waals surface area contributed by atoms with Crippen molar-refractivity contribution in [2.45, 2.75) is 13.0 Å². The van der Waals surface area contributed by atoms with Gasteiger partial charge in [-0.25, -0.2) is 0 Å². The molecule has 0 aromatic rings. The lowest BCUT2D eigenvalue weighted by Gasteiger charge is -2.10. The SMILES string of the molecule is CNC(C)C(=O)OCCOCCOCCOC. The predicted molar refractivity (Wildman–Crippen MR) is 63.0 cm³/mol. The topological polar surface area (TPSA) is 66.0 Å². The molecule has 6 heteroatoms. The highest BCUT2D eigenvalue weighted by molar-refractivity contribution is 5.75. The Kier molecular flexibility index (Phi) is 11.3. The van der Waals surface area contributed by atoms with Crippen molar-refractivity contribution in [1.29, 1.82) is 0 Å². The van der Waals surface area contributed by atoms with E-state index in [-0.39, 0.29) is 18.6 Å². The van der Waals surface area contributed by atoms with Gasteiger partial charge in [-0.05, 0) is 14.0 Å². The molecule has 1 N–H and O–H groups in total. The molecule has 6 nitrogen and oxygen atoms in total. The summed E-state index contributed by atoms with van der Waals surface area (Å²) in [5, 5.41) is 2.80. The maximum atomic E-state index is 11.2. The zero-order valence-corrected chi connectivity index (χ0v) is 10.9. The number of esters is 1. The monoisotopic (exact) mass is 249 g/mol. The highest BCUT2D eigenvalue weighted by atomic mass is 16.6. The summed E-state index contributed by atoms with van der Waals surface area (Å²) in [6, 6.07) is -0.285. The molecule has 17 heavy (non-hydrogen) atoms. The second kappa shape index (κ2) is 11.8. The average Bonchev–Trinajstić information content (AvgIpc) is 2.35. The zero-order chi connectivity index (χ0) is 12.9. The smallest absolute Gasteiger partial charge is 0.322 e. The first kappa shape index (κ1) is 16.3. The Hall–Kier alpha value is -0.690. The number of methoxy groups -OCH3 is 1. The van der Waals surface area contributed by atoms with Crippen molar-refractivity contribution in [1.82, 2.24) is 5.32 Å². The molecule has 102 valence electrons. The summed E-state index contributed by atoms with van der Waals surface area (Å²) < 4.78 is 20.2. The summed E-state index contributed by atoms with van der Waals surface area (Å²) >= 11 is 0. The van der Waals surface area contributed by atoms with Crippen molar-refractivity contribution in [3.05, 3.63) is 0 Å². The van der Waals surface area contributed by atoms with Crippen LogP contribution in [0.4, 0.5) is 0 Å². The quantitative estimate of drug-likeness (QED) is 0.405. The lowest BCUT2D eigenvalue weighted by molar-refractivity contribution is -0.147. The first-order valence-electron chi connectivity index (χ1n) is 5.70. The van der Waals surface area contributed by atoms with Gasteiger partial charge in [-0.3, -0.25) is 4.79 Å². The van der Waals surface area contributed by atoms with Crippen LogP contribution in [0, 0.1) is 0 Å². The third-order valence-electron chi connectivity index (χ3n) is 2.06. The first-order chi connectivity index (χ1) is 8.22. The number of likely N-dealkylation sites (N-methyl/N-ethyl adjacent to an activating group) is 1. The molecule has 0 saturated carbocycles. The summed E-state index contributed by atoms with van der Waals surface area (Å²) in [4.78, 5) is 11.2. The molecule has 0 saturated heterocycles. The van der Waals surface area contributed by atoms with Crippen LogP contribution in [0.5, 0.6) is 0 Å². The van der Waals surface area contributed by atoms with Crippen molar-refractivity contribution in [3.8, 4) is 0 Å². The number of nitrogens with one attached hydrogen (secondary N) is 1. The maximum absolute atomic E-state index is 11.2. The molecule has 0 aromatic carbocycles. The molecule has 1 atom stereocenters. The largest absolute Gasteiger partial charge is 0.462 e. The Morgan fingerprint density at radius 1 is 1.06 bits per heavy atom. The van der Waals surface area contributed by atoms with E-state index in [9.17, 15) is 4.79 Å². The van der Waals surface area contributed by atoms with Crippen LogP contribution in [-0.2, 0) is 23.7 Å². The molecule has 0 bridgehead atoms. The average molecular weight is 249 g/mol. The molecule has 0 amide bonds. The van der Waals surface area contributed by atoms with Crippen molar-refractivity contribution >= 4 is 5.97 Å². The lowest BCUT2D eigenvalue weighted by Crippen LogP contribution is -2.33. The third kappa shape index (κ3) is 10.2. The van der Waals surface area contributed by atoms with Gasteiger partial charge in [0.25, 0.3) is 0 Å². The number of ether oxygens (including phenoxy) is 4. The van der Waals surface area contributed by atoms with Crippen LogP contribution in [0.1, 0.15) is 6.92 Å². The Balaban J connectivity index is 3.16. The summed E-state index contributed by atoms with van der Waals surface area (Å²) in [7, 11) is 3.33. The zero-order valence-electron chi connectivity index (χ0n) is 10.9. The summed E-state index contributed by atoms with van der Waals surface area (Å²) in [5.74, 6) is -0.271. The highest BCUT2D eigenvalue weighted by Gasteiger charge is 2.10. The fourth-order valence-electron chi connectivity index (χ4n) is 0.908. The second-order valence-corrected chi connectivity index (χ2v) is 3.40. The van der Waals surface area contributed by atoms with E-state index in [2.05, 4.69) is 5.32 Å². The Morgan fingerprint density at radius 2 is 1.59 bits per heavy atom. The van der Waals surface area contributed by atoms with Crippen molar-refractivity contribution in [3.63, 3.8) is 0 Å². The highest BCUT2D eigenvalue weighted by Crippen LogP contribution is 1.87. The number of hydrogen-bond donors (Lipinski definition) is 1. The van der Waals surface area contributed by atoms with Crippen LogP contribution in [0.2, 0.25) is 0 Å². The molecule has 0 radical (unpaired) electrons. The van der Waals surface area contributed by atoms with E-state index in [1.165, 1.54) is 0 Å². The summed E-state index contributed by atoms with van der Waals surface area (Å²) in [6.07, 6.45) is 0. The molecule has 0 aliphatic rings. The van der Waals surface area contributed by atoms with Gasteiger partial charge in [0.2, 0.25) is 0 Å². The molecule has 0 rings (SSSR count). The summed E-state index contributed by atoms with van der Waals surface area (Å²) in [6.45, 7) is 4.55. The van der Waals surface area contributed by atoms with Gasteiger partial charge in [-0.1, -0.05) is 0 Å². The van der Waals surface area contributed by atoms with E-state index >= 15 is 0 Å². The van der Waals surface area contributed by atoms with Gasteiger partial charge < -0.3 is 24.3 Å². The number of carbonyl (C=O) groups excluding carboxylic acids is 1.